The number of alkyl halides is 3. The minimum Gasteiger partial charge on any atom is -0.483 e. The lowest BCUT2D eigenvalue weighted by Crippen LogP contribution is -2.29. The molecule has 8 heteroatoms. The van der Waals surface area contributed by atoms with Gasteiger partial charge in [-0.2, -0.15) is 13.2 Å². The molecule has 0 unspecified atom stereocenters. The third-order valence-electron chi connectivity index (χ3n) is 2.50. The van der Waals surface area contributed by atoms with Gasteiger partial charge in [0.15, 0.2) is 6.61 Å². The molecule has 0 fully saturated rings. The van der Waals surface area contributed by atoms with Gasteiger partial charge in [-0.15, -0.1) is 0 Å². The highest BCUT2D eigenvalue weighted by atomic mass is 32.1. The fourth-order valence-corrected chi connectivity index (χ4v) is 1.62. The van der Waals surface area contributed by atoms with Crippen LogP contribution in [-0.4, -0.2) is 24.0 Å². The van der Waals surface area contributed by atoms with E-state index in [-0.39, 0.29) is 10.6 Å². The average molecular weight is 320 g/mol. The van der Waals surface area contributed by atoms with Crippen LogP contribution in [0.5, 0.6) is 5.75 Å². The molecule has 0 saturated carbocycles. The zero-order valence-corrected chi connectivity index (χ0v) is 12.1. The standard InChI is InChI=1S/C13H15F3N2O2S/c1-2-5-18-11(19)7-20-10-4-3-8(12(17)21)6-9(10)13(14,15)16/h3-4,6H,2,5,7H2,1H3,(H2,17,21)(H,18,19). The minimum absolute atomic E-state index is 0.0834. The molecule has 0 aromatic heterocycles. The Hall–Kier alpha value is -1.83. The van der Waals surface area contributed by atoms with E-state index in [0.717, 1.165) is 18.6 Å². The van der Waals surface area contributed by atoms with Crippen LogP contribution in [0, 0.1) is 0 Å². The second-order valence-electron chi connectivity index (χ2n) is 4.21. The first-order valence-corrected chi connectivity index (χ1v) is 6.57. The molecule has 0 radical (unpaired) electrons. The molecular formula is C13H15F3N2O2S. The van der Waals surface area contributed by atoms with Crippen LogP contribution in [0.4, 0.5) is 13.2 Å². The number of hydrogen-bond donors (Lipinski definition) is 2. The Labute approximate surface area is 125 Å². The van der Waals surface area contributed by atoms with Gasteiger partial charge in [0.1, 0.15) is 10.7 Å². The summed E-state index contributed by atoms with van der Waals surface area (Å²) < 4.78 is 43.8. The van der Waals surface area contributed by atoms with E-state index in [0.29, 0.717) is 6.54 Å². The molecule has 4 nitrogen and oxygen atoms in total. The van der Waals surface area contributed by atoms with Crippen LogP contribution in [0.2, 0.25) is 0 Å². The molecule has 3 N–H and O–H groups in total. The van der Waals surface area contributed by atoms with Gasteiger partial charge in [-0.1, -0.05) is 19.1 Å². The van der Waals surface area contributed by atoms with Crippen molar-refractivity contribution >= 4 is 23.1 Å². The van der Waals surface area contributed by atoms with E-state index < -0.39 is 30.0 Å². The van der Waals surface area contributed by atoms with Gasteiger partial charge in [-0.05, 0) is 24.6 Å². The molecular weight excluding hydrogens is 305 g/mol. The quantitative estimate of drug-likeness (QED) is 0.789. The number of nitrogens with two attached hydrogens (primary N) is 1. The van der Waals surface area contributed by atoms with Crippen LogP contribution in [0.1, 0.15) is 24.5 Å². The first-order valence-electron chi connectivity index (χ1n) is 6.16. The Morgan fingerprint density at radius 2 is 2.10 bits per heavy atom. The Kier molecular flexibility index (Phi) is 5.95. The molecule has 0 spiro atoms. The predicted molar refractivity (Wildman–Crippen MR) is 76.1 cm³/mol. The molecule has 21 heavy (non-hydrogen) atoms. The fraction of sp³-hybridized carbons (Fsp3) is 0.385. The van der Waals surface area contributed by atoms with Crippen molar-refractivity contribution in [2.45, 2.75) is 19.5 Å². The van der Waals surface area contributed by atoms with Crippen LogP contribution in [0.15, 0.2) is 18.2 Å². The molecule has 0 aliphatic carbocycles. The molecule has 0 aliphatic heterocycles. The lowest BCUT2D eigenvalue weighted by Gasteiger charge is -2.15. The maximum absolute atomic E-state index is 13.0. The average Bonchev–Trinajstić information content (AvgIpc) is 2.41. The highest BCUT2D eigenvalue weighted by Crippen LogP contribution is 2.36. The van der Waals surface area contributed by atoms with Crippen molar-refractivity contribution < 1.29 is 22.7 Å². The van der Waals surface area contributed by atoms with Gasteiger partial charge >= 0.3 is 6.18 Å². The highest BCUT2D eigenvalue weighted by molar-refractivity contribution is 7.80. The van der Waals surface area contributed by atoms with Gasteiger partial charge in [-0.3, -0.25) is 4.79 Å². The number of benzene rings is 1. The maximum atomic E-state index is 13.0. The third-order valence-corrected chi connectivity index (χ3v) is 2.74. The summed E-state index contributed by atoms with van der Waals surface area (Å²) in [5.74, 6) is -0.919. The van der Waals surface area contributed by atoms with Gasteiger partial charge in [0.05, 0.1) is 5.56 Å². The first kappa shape index (κ1) is 17.2. The number of thiocarbonyl (C=S) groups is 1. The summed E-state index contributed by atoms with van der Waals surface area (Å²) in [5.41, 5.74) is 4.38. The van der Waals surface area contributed by atoms with E-state index in [1.807, 2.05) is 6.92 Å². The van der Waals surface area contributed by atoms with Gasteiger partial charge in [0.25, 0.3) is 5.91 Å². The van der Waals surface area contributed by atoms with Crippen molar-refractivity contribution in [2.75, 3.05) is 13.2 Å². The molecule has 0 bridgehead atoms. The second-order valence-corrected chi connectivity index (χ2v) is 4.65. The molecule has 0 heterocycles. The molecule has 0 atom stereocenters. The number of amides is 1. The largest absolute Gasteiger partial charge is 0.483 e. The van der Waals surface area contributed by atoms with E-state index in [2.05, 4.69) is 17.5 Å². The Morgan fingerprint density at radius 1 is 1.43 bits per heavy atom. The Balaban J connectivity index is 2.91. The van der Waals surface area contributed by atoms with Crippen molar-refractivity contribution in [3.8, 4) is 5.75 Å². The number of rotatable bonds is 6. The Morgan fingerprint density at radius 3 is 2.62 bits per heavy atom. The van der Waals surface area contributed by atoms with Crippen LogP contribution in [0.3, 0.4) is 0 Å². The van der Waals surface area contributed by atoms with Crippen LogP contribution < -0.4 is 15.8 Å². The van der Waals surface area contributed by atoms with E-state index in [9.17, 15) is 18.0 Å². The van der Waals surface area contributed by atoms with E-state index in [1.165, 1.54) is 6.07 Å². The van der Waals surface area contributed by atoms with Crippen LogP contribution in [0.25, 0.3) is 0 Å². The van der Waals surface area contributed by atoms with Crippen LogP contribution >= 0.6 is 12.2 Å². The normalized spacial score (nSPS) is 11.0. The van der Waals surface area contributed by atoms with Crippen molar-refractivity contribution in [3.05, 3.63) is 29.3 Å². The zero-order chi connectivity index (χ0) is 16.0. The summed E-state index contributed by atoms with van der Waals surface area (Å²) in [5, 5.41) is 2.50. The number of ether oxygens (including phenoxy) is 1. The molecule has 0 aliphatic rings. The van der Waals surface area contributed by atoms with Crippen molar-refractivity contribution in [3.63, 3.8) is 0 Å². The molecule has 1 aromatic rings. The molecule has 116 valence electrons. The highest BCUT2D eigenvalue weighted by Gasteiger charge is 2.35. The van der Waals surface area contributed by atoms with E-state index in [1.54, 1.807) is 0 Å². The fourth-order valence-electron chi connectivity index (χ4n) is 1.49. The monoisotopic (exact) mass is 320 g/mol. The van der Waals surface area contributed by atoms with Gasteiger partial charge in [0, 0.05) is 12.1 Å². The predicted octanol–water partition coefficient (Wildman–Crippen LogP) is 2.24. The van der Waals surface area contributed by atoms with Crippen molar-refractivity contribution in [1.82, 2.24) is 5.32 Å². The first-order chi connectivity index (χ1) is 9.75. The number of hydrogen-bond acceptors (Lipinski definition) is 3. The molecule has 0 saturated heterocycles. The number of carbonyl (C=O) groups excluding carboxylic acids is 1. The van der Waals surface area contributed by atoms with Gasteiger partial charge < -0.3 is 15.8 Å². The number of nitrogens with one attached hydrogen (secondary N) is 1. The number of carbonyl (C=O) groups is 1. The lowest BCUT2D eigenvalue weighted by molar-refractivity contribution is -0.139. The molecule has 1 rings (SSSR count). The topological polar surface area (TPSA) is 64.3 Å². The zero-order valence-electron chi connectivity index (χ0n) is 11.3. The third kappa shape index (κ3) is 5.22. The SMILES string of the molecule is CCCNC(=O)COc1ccc(C(N)=S)cc1C(F)(F)F. The maximum Gasteiger partial charge on any atom is 0.419 e. The summed E-state index contributed by atoms with van der Waals surface area (Å²) >= 11 is 4.65. The molecule has 1 aromatic carbocycles. The van der Waals surface area contributed by atoms with Gasteiger partial charge in [0.2, 0.25) is 0 Å². The van der Waals surface area contributed by atoms with E-state index in [4.69, 9.17) is 10.5 Å². The molecule has 1 amide bonds. The number of halogens is 3. The van der Waals surface area contributed by atoms with Gasteiger partial charge in [-0.25, -0.2) is 0 Å². The lowest BCUT2D eigenvalue weighted by atomic mass is 10.1. The summed E-state index contributed by atoms with van der Waals surface area (Å²) in [4.78, 5) is 11.2. The summed E-state index contributed by atoms with van der Waals surface area (Å²) in [6.45, 7) is 1.81. The summed E-state index contributed by atoms with van der Waals surface area (Å²) in [6.07, 6.45) is -3.90. The Bertz CT molecular complexity index is 533. The van der Waals surface area contributed by atoms with E-state index >= 15 is 0 Å². The second kappa shape index (κ2) is 7.26. The smallest absolute Gasteiger partial charge is 0.419 e. The van der Waals surface area contributed by atoms with Crippen molar-refractivity contribution in [1.29, 1.82) is 0 Å². The van der Waals surface area contributed by atoms with Crippen LogP contribution in [-0.2, 0) is 11.0 Å². The van der Waals surface area contributed by atoms with Crippen molar-refractivity contribution in [2.24, 2.45) is 5.73 Å². The minimum atomic E-state index is -4.63. The summed E-state index contributed by atoms with van der Waals surface area (Å²) in [7, 11) is 0. The summed E-state index contributed by atoms with van der Waals surface area (Å²) in [6, 6.07) is 3.23.